The second kappa shape index (κ2) is 4.80. The SMILES string of the molecule is CC(C)C(=O)N1C[C@@H]2C[C@H](C1)[C@@H]1CCCC(=O)N1C2. The van der Waals surface area contributed by atoms with Crippen molar-refractivity contribution in [2.24, 2.45) is 17.8 Å². The van der Waals surface area contributed by atoms with Crippen LogP contribution in [0.2, 0.25) is 0 Å². The third-order valence-electron chi connectivity index (χ3n) is 4.99. The molecule has 106 valence electrons. The van der Waals surface area contributed by atoms with Gasteiger partial charge in [0, 0.05) is 38.0 Å². The quantitative estimate of drug-likeness (QED) is 0.720. The van der Waals surface area contributed by atoms with Gasteiger partial charge in [-0.1, -0.05) is 13.8 Å². The fraction of sp³-hybridized carbons (Fsp3) is 0.867. The van der Waals surface area contributed by atoms with Gasteiger partial charge in [-0.2, -0.15) is 0 Å². The van der Waals surface area contributed by atoms with Crippen LogP contribution in [-0.2, 0) is 9.59 Å². The van der Waals surface area contributed by atoms with Gasteiger partial charge in [-0.15, -0.1) is 0 Å². The zero-order valence-corrected chi connectivity index (χ0v) is 12.0. The Balaban J connectivity index is 1.75. The molecule has 0 spiro atoms. The molecule has 3 rings (SSSR count). The van der Waals surface area contributed by atoms with E-state index in [1.165, 1.54) is 6.42 Å². The smallest absolute Gasteiger partial charge is 0.225 e. The monoisotopic (exact) mass is 264 g/mol. The summed E-state index contributed by atoms with van der Waals surface area (Å²) in [6.45, 7) is 6.54. The van der Waals surface area contributed by atoms with Crippen molar-refractivity contribution in [1.82, 2.24) is 9.80 Å². The molecule has 19 heavy (non-hydrogen) atoms. The summed E-state index contributed by atoms with van der Waals surface area (Å²) in [5, 5.41) is 0. The average Bonchev–Trinajstić information content (AvgIpc) is 2.39. The van der Waals surface area contributed by atoms with E-state index in [4.69, 9.17) is 0 Å². The summed E-state index contributed by atoms with van der Waals surface area (Å²) in [6.07, 6.45) is 4.09. The minimum Gasteiger partial charge on any atom is -0.342 e. The van der Waals surface area contributed by atoms with Crippen LogP contribution in [0.25, 0.3) is 0 Å². The van der Waals surface area contributed by atoms with Gasteiger partial charge in [-0.25, -0.2) is 0 Å². The van der Waals surface area contributed by atoms with Crippen LogP contribution >= 0.6 is 0 Å². The van der Waals surface area contributed by atoms with Crippen LogP contribution < -0.4 is 0 Å². The zero-order valence-electron chi connectivity index (χ0n) is 12.0. The highest BCUT2D eigenvalue weighted by atomic mass is 16.2. The molecule has 3 saturated heterocycles. The number of carbonyl (C=O) groups is 2. The maximum Gasteiger partial charge on any atom is 0.225 e. The number of fused-ring (bicyclic) bond motifs is 4. The third-order valence-corrected chi connectivity index (χ3v) is 4.99. The summed E-state index contributed by atoms with van der Waals surface area (Å²) in [4.78, 5) is 28.4. The Morgan fingerprint density at radius 3 is 2.79 bits per heavy atom. The van der Waals surface area contributed by atoms with E-state index in [-0.39, 0.29) is 11.8 Å². The van der Waals surface area contributed by atoms with E-state index in [1.54, 1.807) is 0 Å². The summed E-state index contributed by atoms with van der Waals surface area (Å²) in [6, 6.07) is 0.403. The number of amides is 2. The van der Waals surface area contributed by atoms with Crippen molar-refractivity contribution in [3.63, 3.8) is 0 Å². The Morgan fingerprint density at radius 1 is 1.26 bits per heavy atom. The number of likely N-dealkylation sites (tertiary alicyclic amines) is 1. The summed E-state index contributed by atoms with van der Waals surface area (Å²) in [7, 11) is 0. The molecular weight excluding hydrogens is 240 g/mol. The molecule has 3 aliphatic rings. The number of rotatable bonds is 1. The molecule has 0 aromatic rings. The lowest BCUT2D eigenvalue weighted by molar-refractivity contribution is -0.149. The van der Waals surface area contributed by atoms with Crippen molar-refractivity contribution >= 4 is 11.8 Å². The first-order valence-corrected chi connectivity index (χ1v) is 7.64. The van der Waals surface area contributed by atoms with E-state index < -0.39 is 0 Å². The highest BCUT2D eigenvalue weighted by Crippen LogP contribution is 2.38. The molecule has 3 heterocycles. The summed E-state index contributed by atoms with van der Waals surface area (Å²) in [5.74, 6) is 1.72. The fourth-order valence-corrected chi connectivity index (χ4v) is 4.16. The van der Waals surface area contributed by atoms with Gasteiger partial charge in [0.25, 0.3) is 0 Å². The molecule has 2 bridgehead atoms. The molecule has 0 N–H and O–H groups in total. The highest BCUT2D eigenvalue weighted by Gasteiger charge is 2.44. The van der Waals surface area contributed by atoms with Crippen molar-refractivity contribution < 1.29 is 9.59 Å². The van der Waals surface area contributed by atoms with E-state index in [2.05, 4.69) is 9.80 Å². The zero-order chi connectivity index (χ0) is 13.6. The third kappa shape index (κ3) is 2.26. The standard InChI is InChI=1S/C15H24N2O2/c1-10(2)15(19)16-7-11-6-12(9-16)13-4-3-5-14(18)17(13)8-11/h10-13H,3-9H2,1-2H3/t11-,12+,13-/m0/s1. The summed E-state index contributed by atoms with van der Waals surface area (Å²) >= 11 is 0. The number of nitrogens with zero attached hydrogens (tertiary/aromatic N) is 2. The Labute approximate surface area is 115 Å². The van der Waals surface area contributed by atoms with Gasteiger partial charge in [-0.3, -0.25) is 9.59 Å². The lowest BCUT2D eigenvalue weighted by Gasteiger charge is -2.52. The maximum absolute atomic E-state index is 12.2. The van der Waals surface area contributed by atoms with E-state index in [9.17, 15) is 9.59 Å². The van der Waals surface area contributed by atoms with E-state index in [0.717, 1.165) is 38.9 Å². The first-order valence-electron chi connectivity index (χ1n) is 7.64. The van der Waals surface area contributed by atoms with Gasteiger partial charge in [0.1, 0.15) is 0 Å². The molecule has 3 atom stereocenters. The second-order valence-electron chi connectivity index (χ2n) is 6.77. The van der Waals surface area contributed by atoms with Crippen molar-refractivity contribution in [2.75, 3.05) is 19.6 Å². The number of hydrogen-bond donors (Lipinski definition) is 0. The predicted octanol–water partition coefficient (Wildman–Crippen LogP) is 1.50. The first kappa shape index (κ1) is 12.9. The van der Waals surface area contributed by atoms with E-state index in [0.29, 0.717) is 23.8 Å². The van der Waals surface area contributed by atoms with Crippen LogP contribution in [0.3, 0.4) is 0 Å². The first-order chi connectivity index (χ1) is 9.06. The van der Waals surface area contributed by atoms with Gasteiger partial charge in [-0.05, 0) is 31.1 Å². The van der Waals surface area contributed by atoms with Crippen LogP contribution in [0.15, 0.2) is 0 Å². The number of piperidine rings is 3. The summed E-state index contributed by atoms with van der Waals surface area (Å²) < 4.78 is 0. The molecule has 4 heteroatoms. The molecule has 0 unspecified atom stereocenters. The lowest BCUT2D eigenvalue weighted by atomic mass is 9.76. The molecule has 0 aliphatic carbocycles. The minimum absolute atomic E-state index is 0.0860. The fourth-order valence-electron chi connectivity index (χ4n) is 4.16. The highest BCUT2D eigenvalue weighted by molar-refractivity contribution is 5.79. The van der Waals surface area contributed by atoms with E-state index in [1.807, 2.05) is 13.8 Å². The van der Waals surface area contributed by atoms with Gasteiger partial charge in [0.05, 0.1) is 0 Å². The van der Waals surface area contributed by atoms with Crippen molar-refractivity contribution in [2.45, 2.75) is 45.6 Å². The van der Waals surface area contributed by atoms with Crippen LogP contribution in [0.5, 0.6) is 0 Å². The summed E-state index contributed by atoms with van der Waals surface area (Å²) in [5.41, 5.74) is 0. The van der Waals surface area contributed by atoms with Gasteiger partial charge in [0.2, 0.25) is 11.8 Å². The van der Waals surface area contributed by atoms with E-state index >= 15 is 0 Å². The van der Waals surface area contributed by atoms with Crippen molar-refractivity contribution in [3.05, 3.63) is 0 Å². The van der Waals surface area contributed by atoms with Crippen LogP contribution in [0.1, 0.15) is 39.5 Å². The predicted molar refractivity (Wildman–Crippen MR) is 72.4 cm³/mol. The molecule has 4 nitrogen and oxygen atoms in total. The van der Waals surface area contributed by atoms with Crippen LogP contribution in [0.4, 0.5) is 0 Å². The van der Waals surface area contributed by atoms with Crippen molar-refractivity contribution in [3.8, 4) is 0 Å². The molecule has 0 saturated carbocycles. The van der Waals surface area contributed by atoms with Gasteiger partial charge in [0.15, 0.2) is 0 Å². The lowest BCUT2D eigenvalue weighted by Crippen LogP contribution is -2.61. The molecule has 0 aromatic heterocycles. The topological polar surface area (TPSA) is 40.6 Å². The second-order valence-corrected chi connectivity index (χ2v) is 6.77. The largest absolute Gasteiger partial charge is 0.342 e. The normalized spacial score (nSPS) is 34.5. The molecule has 0 radical (unpaired) electrons. The molecule has 2 amide bonds. The Kier molecular flexibility index (Phi) is 3.27. The molecule has 3 fully saturated rings. The minimum atomic E-state index is 0.0860. The average molecular weight is 264 g/mol. The molecular formula is C15H24N2O2. The Hall–Kier alpha value is -1.06. The van der Waals surface area contributed by atoms with Crippen molar-refractivity contribution in [1.29, 1.82) is 0 Å². The Bertz CT molecular complexity index is 394. The number of carbonyl (C=O) groups excluding carboxylic acids is 2. The Morgan fingerprint density at radius 2 is 2.05 bits per heavy atom. The van der Waals surface area contributed by atoms with Crippen LogP contribution in [-0.4, -0.2) is 47.3 Å². The number of hydrogen-bond acceptors (Lipinski definition) is 2. The van der Waals surface area contributed by atoms with Gasteiger partial charge < -0.3 is 9.80 Å². The van der Waals surface area contributed by atoms with Gasteiger partial charge >= 0.3 is 0 Å². The molecule has 0 aromatic carbocycles. The van der Waals surface area contributed by atoms with Crippen LogP contribution in [0, 0.1) is 17.8 Å². The molecule has 3 aliphatic heterocycles. The maximum atomic E-state index is 12.2.